The van der Waals surface area contributed by atoms with Crippen LogP contribution in [-0.4, -0.2) is 6.29 Å². The van der Waals surface area contributed by atoms with E-state index in [1.165, 1.54) is 38.5 Å². The highest BCUT2D eigenvalue weighted by Crippen LogP contribution is 2.74. The van der Waals surface area contributed by atoms with Crippen LogP contribution in [0.3, 0.4) is 0 Å². The van der Waals surface area contributed by atoms with Gasteiger partial charge in [0.05, 0.1) is 0 Å². The van der Waals surface area contributed by atoms with Crippen LogP contribution in [-0.2, 0) is 4.79 Å². The highest BCUT2D eigenvalue weighted by Gasteiger charge is 2.63. The molecular formula is C16H26O. The predicted octanol–water partition coefficient (Wildman–Crippen LogP) is 4.35. The molecule has 4 saturated carbocycles. The van der Waals surface area contributed by atoms with Crippen molar-refractivity contribution in [3.05, 3.63) is 0 Å². The standard InChI is InChI=1S/C16H26O/c1-13-7-14(2)9-15(3,8-13)12-16(10-13,11-14)5-4-6-17/h6H,4-5,7-12H2,1-3H3. The Morgan fingerprint density at radius 2 is 1.24 bits per heavy atom. The number of carbonyl (C=O) groups is 1. The smallest absolute Gasteiger partial charge is 0.120 e. The van der Waals surface area contributed by atoms with E-state index in [0.717, 1.165) is 19.1 Å². The number of carbonyl (C=O) groups excluding carboxylic acids is 1. The Hall–Kier alpha value is -0.330. The first-order valence-electron chi connectivity index (χ1n) is 7.24. The molecule has 1 nitrogen and oxygen atoms in total. The van der Waals surface area contributed by atoms with Crippen LogP contribution in [0.1, 0.15) is 72.1 Å². The van der Waals surface area contributed by atoms with E-state index in [-0.39, 0.29) is 0 Å². The molecule has 4 aliphatic carbocycles. The maximum Gasteiger partial charge on any atom is 0.120 e. The Morgan fingerprint density at radius 3 is 1.59 bits per heavy atom. The van der Waals surface area contributed by atoms with Crippen LogP contribution in [0.15, 0.2) is 0 Å². The minimum absolute atomic E-state index is 0.508. The van der Waals surface area contributed by atoms with E-state index in [2.05, 4.69) is 20.8 Å². The van der Waals surface area contributed by atoms with Gasteiger partial charge in [0.2, 0.25) is 0 Å². The van der Waals surface area contributed by atoms with Crippen molar-refractivity contribution in [2.75, 3.05) is 0 Å². The van der Waals surface area contributed by atoms with Gasteiger partial charge in [0.1, 0.15) is 6.29 Å². The fourth-order valence-corrected chi connectivity index (χ4v) is 7.19. The third-order valence-electron chi connectivity index (χ3n) is 5.76. The molecule has 0 heterocycles. The molecule has 0 aromatic heterocycles. The zero-order valence-electron chi connectivity index (χ0n) is 11.6. The lowest BCUT2D eigenvalue weighted by Crippen LogP contribution is -2.58. The van der Waals surface area contributed by atoms with Gasteiger partial charge in [-0.3, -0.25) is 0 Å². The molecule has 0 atom stereocenters. The Balaban J connectivity index is 1.95. The Morgan fingerprint density at radius 1 is 0.824 bits per heavy atom. The quantitative estimate of drug-likeness (QED) is 0.663. The van der Waals surface area contributed by atoms with Crippen molar-refractivity contribution in [1.29, 1.82) is 0 Å². The second-order valence-corrected chi connectivity index (χ2v) is 8.70. The summed E-state index contributed by atoms with van der Waals surface area (Å²) in [5.41, 5.74) is 2.22. The van der Waals surface area contributed by atoms with E-state index < -0.39 is 0 Å². The van der Waals surface area contributed by atoms with E-state index in [9.17, 15) is 4.79 Å². The summed E-state index contributed by atoms with van der Waals surface area (Å²) in [5.74, 6) is 0. The van der Waals surface area contributed by atoms with Crippen LogP contribution >= 0.6 is 0 Å². The normalized spacial score (nSPS) is 56.2. The summed E-state index contributed by atoms with van der Waals surface area (Å²) < 4.78 is 0. The lowest BCUT2D eigenvalue weighted by molar-refractivity contribution is -0.185. The van der Waals surface area contributed by atoms with Crippen molar-refractivity contribution in [3.63, 3.8) is 0 Å². The van der Waals surface area contributed by atoms with E-state index in [1.807, 2.05) is 0 Å². The molecular weight excluding hydrogens is 208 g/mol. The average Bonchev–Trinajstić information content (AvgIpc) is 2.06. The monoisotopic (exact) mass is 234 g/mol. The highest BCUT2D eigenvalue weighted by molar-refractivity contribution is 5.49. The summed E-state index contributed by atoms with van der Waals surface area (Å²) in [6.07, 6.45) is 11.5. The highest BCUT2D eigenvalue weighted by atomic mass is 16.1. The molecule has 4 fully saturated rings. The molecule has 0 aliphatic heterocycles. The predicted molar refractivity (Wildman–Crippen MR) is 69.8 cm³/mol. The van der Waals surface area contributed by atoms with Gasteiger partial charge in [0.15, 0.2) is 0 Å². The molecule has 4 aliphatic rings. The lowest BCUT2D eigenvalue weighted by Gasteiger charge is -2.69. The fraction of sp³-hybridized carbons (Fsp3) is 0.938. The van der Waals surface area contributed by atoms with Gasteiger partial charge in [-0.05, 0) is 66.6 Å². The molecule has 0 aromatic carbocycles. The van der Waals surface area contributed by atoms with E-state index in [4.69, 9.17) is 0 Å². The van der Waals surface area contributed by atoms with Gasteiger partial charge >= 0.3 is 0 Å². The Kier molecular flexibility index (Phi) is 2.18. The van der Waals surface area contributed by atoms with Gasteiger partial charge < -0.3 is 4.79 Å². The SMILES string of the molecule is CC12CC3(C)CC(C)(C1)CC(CCC=O)(C2)C3. The number of hydrogen-bond donors (Lipinski definition) is 0. The molecule has 0 saturated heterocycles. The molecule has 0 unspecified atom stereocenters. The first kappa shape index (κ1) is 11.7. The minimum Gasteiger partial charge on any atom is -0.303 e. The number of hydrogen-bond acceptors (Lipinski definition) is 1. The van der Waals surface area contributed by atoms with Gasteiger partial charge in [0.25, 0.3) is 0 Å². The van der Waals surface area contributed by atoms with Crippen molar-refractivity contribution < 1.29 is 4.79 Å². The Bertz CT molecular complexity index is 303. The van der Waals surface area contributed by atoms with Gasteiger partial charge in [-0.1, -0.05) is 20.8 Å². The zero-order chi connectivity index (χ0) is 12.4. The van der Waals surface area contributed by atoms with Crippen LogP contribution in [0.5, 0.6) is 0 Å². The van der Waals surface area contributed by atoms with Gasteiger partial charge in [-0.15, -0.1) is 0 Å². The fourth-order valence-electron chi connectivity index (χ4n) is 7.19. The number of rotatable bonds is 3. The van der Waals surface area contributed by atoms with Gasteiger partial charge in [0, 0.05) is 6.42 Å². The second kappa shape index (κ2) is 3.16. The lowest BCUT2D eigenvalue weighted by atomic mass is 9.36. The average molecular weight is 234 g/mol. The van der Waals surface area contributed by atoms with E-state index in [1.54, 1.807) is 0 Å². The molecule has 4 rings (SSSR count). The topological polar surface area (TPSA) is 17.1 Å². The molecule has 1 heteroatoms. The van der Waals surface area contributed by atoms with Crippen molar-refractivity contribution in [3.8, 4) is 0 Å². The third kappa shape index (κ3) is 1.77. The summed E-state index contributed by atoms with van der Waals surface area (Å²) in [6.45, 7) is 7.53. The maximum atomic E-state index is 10.7. The van der Waals surface area contributed by atoms with E-state index >= 15 is 0 Å². The van der Waals surface area contributed by atoms with Crippen molar-refractivity contribution in [1.82, 2.24) is 0 Å². The van der Waals surface area contributed by atoms with Crippen LogP contribution in [0.4, 0.5) is 0 Å². The zero-order valence-corrected chi connectivity index (χ0v) is 11.6. The summed E-state index contributed by atoms with van der Waals surface area (Å²) in [6, 6.07) is 0. The van der Waals surface area contributed by atoms with Crippen LogP contribution in [0.2, 0.25) is 0 Å². The number of aldehydes is 1. The summed E-state index contributed by atoms with van der Waals surface area (Å²) in [5, 5.41) is 0. The molecule has 0 radical (unpaired) electrons. The van der Waals surface area contributed by atoms with Crippen LogP contribution < -0.4 is 0 Å². The summed E-state index contributed by atoms with van der Waals surface area (Å²) >= 11 is 0. The van der Waals surface area contributed by atoms with Gasteiger partial charge in [-0.2, -0.15) is 0 Å². The largest absolute Gasteiger partial charge is 0.303 e. The molecule has 0 N–H and O–H groups in total. The molecule has 17 heavy (non-hydrogen) atoms. The molecule has 96 valence electrons. The van der Waals surface area contributed by atoms with Crippen LogP contribution in [0, 0.1) is 21.7 Å². The third-order valence-corrected chi connectivity index (χ3v) is 5.76. The Labute approximate surface area is 105 Å². The molecule has 4 bridgehead atoms. The van der Waals surface area contributed by atoms with Crippen molar-refractivity contribution in [2.45, 2.75) is 72.1 Å². The minimum atomic E-state index is 0.508. The van der Waals surface area contributed by atoms with Crippen molar-refractivity contribution in [2.24, 2.45) is 21.7 Å². The summed E-state index contributed by atoms with van der Waals surface area (Å²) in [4.78, 5) is 10.7. The first-order valence-corrected chi connectivity index (χ1v) is 7.24. The molecule has 0 spiro atoms. The van der Waals surface area contributed by atoms with Crippen LogP contribution in [0.25, 0.3) is 0 Å². The molecule has 0 aromatic rings. The maximum absolute atomic E-state index is 10.7. The second-order valence-electron chi connectivity index (χ2n) is 8.70. The summed E-state index contributed by atoms with van der Waals surface area (Å²) in [7, 11) is 0. The molecule has 0 amide bonds. The van der Waals surface area contributed by atoms with E-state index in [0.29, 0.717) is 21.7 Å². The van der Waals surface area contributed by atoms with Gasteiger partial charge in [-0.25, -0.2) is 0 Å². The van der Waals surface area contributed by atoms with Crippen molar-refractivity contribution >= 4 is 6.29 Å². The first-order chi connectivity index (χ1) is 7.80.